The van der Waals surface area contributed by atoms with Crippen LogP contribution in [0.5, 0.6) is 0 Å². The van der Waals surface area contributed by atoms with Gasteiger partial charge >= 0.3 is 0 Å². The van der Waals surface area contributed by atoms with Crippen molar-refractivity contribution in [3.63, 3.8) is 0 Å². The van der Waals surface area contributed by atoms with Crippen molar-refractivity contribution in [1.82, 2.24) is 0 Å². The lowest BCUT2D eigenvalue weighted by Gasteiger charge is -2.30. The van der Waals surface area contributed by atoms with E-state index in [9.17, 15) is 4.79 Å². The van der Waals surface area contributed by atoms with E-state index in [2.05, 4.69) is 20.8 Å². The van der Waals surface area contributed by atoms with E-state index < -0.39 is 0 Å². The van der Waals surface area contributed by atoms with Crippen LogP contribution in [0.25, 0.3) is 0 Å². The predicted molar refractivity (Wildman–Crippen MR) is 41.7 cm³/mol. The average molecular weight is 140 g/mol. The highest BCUT2D eigenvalue weighted by atomic mass is 16.1. The molecular formula is C9H16O. The van der Waals surface area contributed by atoms with Crippen molar-refractivity contribution >= 4 is 5.78 Å². The lowest BCUT2D eigenvalue weighted by atomic mass is 9.74. The summed E-state index contributed by atoms with van der Waals surface area (Å²) in [6.07, 6.45) is 1.62. The SMILES string of the molecule is CC1CC(=O)CC(C)C1C. The van der Waals surface area contributed by atoms with Crippen molar-refractivity contribution in [3.8, 4) is 0 Å². The maximum atomic E-state index is 11.0. The van der Waals surface area contributed by atoms with Gasteiger partial charge in [0.05, 0.1) is 0 Å². The van der Waals surface area contributed by atoms with Crippen LogP contribution in [0.1, 0.15) is 33.6 Å². The Hall–Kier alpha value is -0.330. The highest BCUT2D eigenvalue weighted by Gasteiger charge is 2.28. The van der Waals surface area contributed by atoms with Crippen molar-refractivity contribution in [2.24, 2.45) is 17.8 Å². The Balaban J connectivity index is 2.57. The third-order valence-corrected chi connectivity index (χ3v) is 2.89. The maximum absolute atomic E-state index is 11.0. The Morgan fingerprint density at radius 2 is 1.50 bits per heavy atom. The molecule has 0 aliphatic heterocycles. The molecule has 0 aromatic carbocycles. The second-order valence-corrected chi connectivity index (χ2v) is 3.76. The molecule has 1 rings (SSSR count). The summed E-state index contributed by atoms with van der Waals surface area (Å²) >= 11 is 0. The van der Waals surface area contributed by atoms with Gasteiger partial charge < -0.3 is 0 Å². The van der Waals surface area contributed by atoms with Gasteiger partial charge in [-0.2, -0.15) is 0 Å². The van der Waals surface area contributed by atoms with E-state index in [1.54, 1.807) is 0 Å². The molecule has 0 heterocycles. The molecule has 2 atom stereocenters. The van der Waals surface area contributed by atoms with Crippen molar-refractivity contribution in [1.29, 1.82) is 0 Å². The Morgan fingerprint density at radius 1 is 1.10 bits per heavy atom. The Morgan fingerprint density at radius 3 is 1.90 bits per heavy atom. The first-order valence-corrected chi connectivity index (χ1v) is 4.13. The largest absolute Gasteiger partial charge is 0.300 e. The van der Waals surface area contributed by atoms with Gasteiger partial charge in [0.25, 0.3) is 0 Å². The van der Waals surface area contributed by atoms with Crippen molar-refractivity contribution < 1.29 is 4.79 Å². The molecule has 0 aromatic heterocycles. The van der Waals surface area contributed by atoms with Gasteiger partial charge in [-0.15, -0.1) is 0 Å². The molecule has 0 N–H and O–H groups in total. The van der Waals surface area contributed by atoms with Gasteiger partial charge in [0.1, 0.15) is 5.78 Å². The zero-order chi connectivity index (χ0) is 7.72. The van der Waals surface area contributed by atoms with Crippen LogP contribution in [-0.4, -0.2) is 5.78 Å². The van der Waals surface area contributed by atoms with E-state index in [0.717, 1.165) is 18.8 Å². The fraction of sp³-hybridized carbons (Fsp3) is 0.889. The van der Waals surface area contributed by atoms with Crippen LogP contribution >= 0.6 is 0 Å². The summed E-state index contributed by atoms with van der Waals surface area (Å²) in [6, 6.07) is 0. The molecule has 0 radical (unpaired) electrons. The van der Waals surface area contributed by atoms with Crippen molar-refractivity contribution in [2.75, 3.05) is 0 Å². The van der Waals surface area contributed by atoms with Crippen LogP contribution in [0.4, 0.5) is 0 Å². The number of rotatable bonds is 0. The standard InChI is InChI=1S/C9H16O/c1-6-4-9(10)5-7(2)8(6)3/h6-8H,4-5H2,1-3H3. The minimum absolute atomic E-state index is 0.457. The summed E-state index contributed by atoms with van der Waals surface area (Å²) in [6.45, 7) is 6.61. The smallest absolute Gasteiger partial charge is 0.133 e. The van der Waals surface area contributed by atoms with Gasteiger partial charge in [-0.25, -0.2) is 0 Å². The summed E-state index contributed by atoms with van der Waals surface area (Å²) in [5, 5.41) is 0. The van der Waals surface area contributed by atoms with E-state index in [0.29, 0.717) is 17.6 Å². The fourth-order valence-corrected chi connectivity index (χ4v) is 1.73. The molecule has 1 saturated carbocycles. The number of Topliss-reactive ketones (excluding diaryl/α,β-unsaturated/α-hetero) is 1. The number of hydrogen-bond acceptors (Lipinski definition) is 1. The first kappa shape index (κ1) is 7.77. The normalized spacial score (nSPS) is 41.9. The summed E-state index contributed by atoms with van der Waals surface area (Å²) in [4.78, 5) is 11.0. The molecule has 0 aromatic rings. The summed E-state index contributed by atoms with van der Waals surface area (Å²) < 4.78 is 0. The molecule has 58 valence electrons. The summed E-state index contributed by atoms with van der Waals surface area (Å²) in [7, 11) is 0. The van der Waals surface area contributed by atoms with E-state index in [-0.39, 0.29) is 0 Å². The number of carbonyl (C=O) groups is 1. The summed E-state index contributed by atoms with van der Waals surface area (Å²) in [5.41, 5.74) is 0. The third kappa shape index (κ3) is 1.39. The predicted octanol–water partition coefficient (Wildman–Crippen LogP) is 2.26. The zero-order valence-electron chi connectivity index (χ0n) is 7.05. The number of hydrogen-bond donors (Lipinski definition) is 0. The van der Waals surface area contributed by atoms with E-state index in [1.807, 2.05) is 0 Å². The minimum atomic E-state index is 0.457. The number of carbonyl (C=O) groups excluding carboxylic acids is 1. The average Bonchev–Trinajstić information content (AvgIpc) is 1.82. The highest BCUT2D eigenvalue weighted by Crippen LogP contribution is 2.31. The topological polar surface area (TPSA) is 17.1 Å². The van der Waals surface area contributed by atoms with Gasteiger partial charge in [-0.3, -0.25) is 4.79 Å². The molecule has 0 amide bonds. The maximum Gasteiger partial charge on any atom is 0.133 e. The molecule has 1 heteroatoms. The number of ketones is 1. The van der Waals surface area contributed by atoms with E-state index in [4.69, 9.17) is 0 Å². The van der Waals surface area contributed by atoms with Crippen molar-refractivity contribution in [2.45, 2.75) is 33.6 Å². The third-order valence-electron chi connectivity index (χ3n) is 2.89. The minimum Gasteiger partial charge on any atom is -0.300 e. The highest BCUT2D eigenvalue weighted by molar-refractivity contribution is 5.79. The zero-order valence-corrected chi connectivity index (χ0v) is 7.05. The Bertz CT molecular complexity index is 126. The van der Waals surface area contributed by atoms with Gasteiger partial charge in [0, 0.05) is 12.8 Å². The van der Waals surface area contributed by atoms with Gasteiger partial charge in [0.2, 0.25) is 0 Å². The molecule has 1 aliphatic rings. The second-order valence-electron chi connectivity index (χ2n) is 3.76. The van der Waals surface area contributed by atoms with E-state index >= 15 is 0 Å². The monoisotopic (exact) mass is 140 g/mol. The molecule has 0 saturated heterocycles. The van der Waals surface area contributed by atoms with E-state index in [1.165, 1.54) is 0 Å². The van der Waals surface area contributed by atoms with Crippen LogP contribution in [0, 0.1) is 17.8 Å². The first-order chi connectivity index (χ1) is 4.61. The van der Waals surface area contributed by atoms with Gasteiger partial charge in [-0.1, -0.05) is 20.8 Å². The first-order valence-electron chi connectivity index (χ1n) is 4.13. The van der Waals surface area contributed by atoms with Crippen LogP contribution in [-0.2, 0) is 4.79 Å². The molecule has 1 aliphatic carbocycles. The molecular weight excluding hydrogens is 124 g/mol. The fourth-order valence-electron chi connectivity index (χ4n) is 1.73. The summed E-state index contributed by atoms with van der Waals surface area (Å²) in [5.74, 6) is 2.41. The van der Waals surface area contributed by atoms with Gasteiger partial charge in [0.15, 0.2) is 0 Å². The molecule has 1 fully saturated rings. The lowest BCUT2D eigenvalue weighted by Crippen LogP contribution is -2.27. The molecule has 0 bridgehead atoms. The molecule has 0 spiro atoms. The Kier molecular flexibility index (Phi) is 2.12. The quantitative estimate of drug-likeness (QED) is 0.504. The second kappa shape index (κ2) is 2.73. The van der Waals surface area contributed by atoms with Crippen LogP contribution in [0.3, 0.4) is 0 Å². The van der Waals surface area contributed by atoms with Crippen LogP contribution < -0.4 is 0 Å². The van der Waals surface area contributed by atoms with Crippen LogP contribution in [0.2, 0.25) is 0 Å². The molecule has 1 nitrogen and oxygen atoms in total. The molecule has 10 heavy (non-hydrogen) atoms. The lowest BCUT2D eigenvalue weighted by molar-refractivity contribution is -0.123. The van der Waals surface area contributed by atoms with Crippen molar-refractivity contribution in [3.05, 3.63) is 0 Å². The van der Waals surface area contributed by atoms with Crippen LogP contribution in [0.15, 0.2) is 0 Å². The Labute approximate surface area is 62.8 Å². The molecule has 2 unspecified atom stereocenters. The van der Waals surface area contributed by atoms with Gasteiger partial charge in [-0.05, 0) is 17.8 Å².